The first-order valence-corrected chi connectivity index (χ1v) is 9.15. The van der Waals surface area contributed by atoms with Crippen LogP contribution in [-0.2, 0) is 4.79 Å². The molecule has 1 aliphatic heterocycles. The summed E-state index contributed by atoms with van der Waals surface area (Å²) in [6.07, 6.45) is 4.01. The lowest BCUT2D eigenvalue weighted by Gasteiger charge is -2.30. The molecular weight excluding hydrogens is 324 g/mol. The van der Waals surface area contributed by atoms with E-state index in [0.29, 0.717) is 11.6 Å². The van der Waals surface area contributed by atoms with Gasteiger partial charge in [-0.05, 0) is 37.8 Å². The number of carbonyl (C=O) groups is 1. The van der Waals surface area contributed by atoms with E-state index in [4.69, 9.17) is 0 Å². The van der Waals surface area contributed by atoms with E-state index in [-0.39, 0.29) is 17.6 Å². The Labute approximate surface area is 144 Å². The Hall–Kier alpha value is -2.15. The van der Waals surface area contributed by atoms with Gasteiger partial charge in [0, 0.05) is 36.5 Å². The van der Waals surface area contributed by atoms with Crippen LogP contribution in [0.25, 0.3) is 0 Å². The molecule has 0 spiro atoms. The van der Waals surface area contributed by atoms with Crippen molar-refractivity contribution in [3.8, 4) is 5.75 Å². The van der Waals surface area contributed by atoms with E-state index >= 15 is 0 Å². The summed E-state index contributed by atoms with van der Waals surface area (Å²) in [6.45, 7) is 1.64. The normalized spacial score (nSPS) is 18.6. The van der Waals surface area contributed by atoms with Crippen LogP contribution < -0.4 is 10.2 Å². The van der Waals surface area contributed by atoms with E-state index in [9.17, 15) is 9.90 Å². The Kier molecular flexibility index (Phi) is 4.10. The summed E-state index contributed by atoms with van der Waals surface area (Å²) in [4.78, 5) is 19.3. The molecule has 2 heterocycles. The van der Waals surface area contributed by atoms with Crippen molar-refractivity contribution < 1.29 is 9.90 Å². The van der Waals surface area contributed by atoms with E-state index in [1.165, 1.54) is 24.4 Å². The standard InChI is InChI=1S/C17H20N4O2S/c22-14-4-2-1-3-13(14)18-16(23)12-7-9-21(10-8-12)17-19-15(20-24-17)11-5-6-11/h1-4,11-12,22H,5-10H2,(H,18,23). The highest BCUT2D eigenvalue weighted by Gasteiger charge is 2.30. The minimum Gasteiger partial charge on any atom is -0.506 e. The molecule has 1 saturated heterocycles. The number of hydrogen-bond acceptors (Lipinski definition) is 6. The van der Waals surface area contributed by atoms with Crippen LogP contribution in [0.3, 0.4) is 0 Å². The summed E-state index contributed by atoms with van der Waals surface area (Å²) in [7, 11) is 0. The summed E-state index contributed by atoms with van der Waals surface area (Å²) >= 11 is 1.47. The van der Waals surface area contributed by atoms with Crippen molar-refractivity contribution in [3.63, 3.8) is 0 Å². The quantitative estimate of drug-likeness (QED) is 0.834. The van der Waals surface area contributed by atoms with E-state index in [1.807, 2.05) is 0 Å². The number of para-hydroxylation sites is 2. The summed E-state index contributed by atoms with van der Waals surface area (Å²) < 4.78 is 4.45. The smallest absolute Gasteiger partial charge is 0.227 e. The van der Waals surface area contributed by atoms with Gasteiger partial charge in [0.1, 0.15) is 11.6 Å². The fraction of sp³-hybridized carbons (Fsp3) is 0.471. The summed E-state index contributed by atoms with van der Waals surface area (Å²) in [6, 6.07) is 6.82. The van der Waals surface area contributed by atoms with Crippen LogP contribution in [-0.4, -0.2) is 33.5 Å². The average Bonchev–Trinajstić information content (AvgIpc) is 3.34. The fourth-order valence-corrected chi connectivity index (χ4v) is 3.81. The fourth-order valence-electron chi connectivity index (χ4n) is 3.01. The maximum atomic E-state index is 12.4. The van der Waals surface area contributed by atoms with Crippen LogP contribution in [0.2, 0.25) is 0 Å². The Morgan fingerprint density at radius 1 is 1.21 bits per heavy atom. The van der Waals surface area contributed by atoms with Crippen molar-refractivity contribution in [2.24, 2.45) is 5.92 Å². The second kappa shape index (κ2) is 6.39. The van der Waals surface area contributed by atoms with Gasteiger partial charge < -0.3 is 15.3 Å². The highest BCUT2D eigenvalue weighted by molar-refractivity contribution is 7.09. The minimum atomic E-state index is -0.0309. The number of amides is 1. The Morgan fingerprint density at radius 2 is 1.96 bits per heavy atom. The number of nitrogens with zero attached hydrogens (tertiary/aromatic N) is 3. The number of phenolic OH excluding ortho intramolecular Hbond substituents is 1. The molecule has 1 amide bonds. The average molecular weight is 344 g/mol. The minimum absolute atomic E-state index is 0.0212. The number of anilines is 2. The molecule has 1 aliphatic carbocycles. The number of piperidine rings is 1. The van der Waals surface area contributed by atoms with Gasteiger partial charge in [-0.25, -0.2) is 4.98 Å². The lowest BCUT2D eigenvalue weighted by molar-refractivity contribution is -0.120. The van der Waals surface area contributed by atoms with Gasteiger partial charge in [0.25, 0.3) is 0 Å². The maximum absolute atomic E-state index is 12.4. The predicted octanol–water partition coefficient (Wildman–Crippen LogP) is 2.98. The molecule has 0 atom stereocenters. The Bertz CT molecular complexity index is 736. The van der Waals surface area contributed by atoms with E-state index < -0.39 is 0 Å². The second-order valence-corrected chi connectivity index (χ2v) is 7.21. The van der Waals surface area contributed by atoms with Gasteiger partial charge in [-0.2, -0.15) is 4.37 Å². The van der Waals surface area contributed by atoms with Crippen LogP contribution in [0, 0.1) is 5.92 Å². The third-order valence-electron chi connectivity index (χ3n) is 4.67. The van der Waals surface area contributed by atoms with Crippen molar-refractivity contribution in [2.45, 2.75) is 31.6 Å². The molecule has 0 bridgehead atoms. The molecule has 0 unspecified atom stereocenters. The Morgan fingerprint density at radius 3 is 2.67 bits per heavy atom. The van der Waals surface area contributed by atoms with Crippen molar-refractivity contribution >= 4 is 28.3 Å². The summed E-state index contributed by atoms with van der Waals surface area (Å²) in [5.41, 5.74) is 0.475. The van der Waals surface area contributed by atoms with Crippen molar-refractivity contribution in [1.29, 1.82) is 0 Å². The van der Waals surface area contributed by atoms with Crippen LogP contribution in [0.5, 0.6) is 5.75 Å². The van der Waals surface area contributed by atoms with Gasteiger partial charge in [0.05, 0.1) is 5.69 Å². The number of aromatic nitrogens is 2. The molecule has 1 aromatic carbocycles. The molecule has 0 radical (unpaired) electrons. The molecule has 24 heavy (non-hydrogen) atoms. The molecule has 126 valence electrons. The first kappa shape index (κ1) is 15.4. The van der Waals surface area contributed by atoms with Gasteiger partial charge >= 0.3 is 0 Å². The molecule has 2 N–H and O–H groups in total. The monoisotopic (exact) mass is 344 g/mol. The molecule has 1 saturated carbocycles. The number of rotatable bonds is 4. The summed E-state index contributed by atoms with van der Waals surface area (Å²) in [5.74, 6) is 1.62. The van der Waals surface area contributed by atoms with E-state index in [0.717, 1.165) is 36.9 Å². The zero-order valence-corrected chi connectivity index (χ0v) is 14.1. The number of carbonyl (C=O) groups excluding carboxylic acids is 1. The molecule has 4 rings (SSSR count). The van der Waals surface area contributed by atoms with E-state index in [2.05, 4.69) is 19.6 Å². The molecule has 2 fully saturated rings. The van der Waals surface area contributed by atoms with Crippen LogP contribution in [0.15, 0.2) is 24.3 Å². The van der Waals surface area contributed by atoms with Gasteiger partial charge in [-0.15, -0.1) is 0 Å². The highest BCUT2D eigenvalue weighted by Crippen LogP contribution is 2.40. The highest BCUT2D eigenvalue weighted by atomic mass is 32.1. The number of aromatic hydroxyl groups is 1. The molecule has 6 nitrogen and oxygen atoms in total. The van der Waals surface area contributed by atoms with Gasteiger partial charge in [-0.1, -0.05) is 12.1 Å². The largest absolute Gasteiger partial charge is 0.506 e. The number of hydrogen-bond donors (Lipinski definition) is 2. The zero-order chi connectivity index (χ0) is 16.5. The molecule has 7 heteroatoms. The van der Waals surface area contributed by atoms with Crippen molar-refractivity contribution in [2.75, 3.05) is 23.3 Å². The zero-order valence-electron chi connectivity index (χ0n) is 13.3. The van der Waals surface area contributed by atoms with Gasteiger partial charge in [0.15, 0.2) is 0 Å². The molecule has 2 aliphatic rings. The van der Waals surface area contributed by atoms with Crippen molar-refractivity contribution in [1.82, 2.24) is 9.36 Å². The van der Waals surface area contributed by atoms with Crippen LogP contribution in [0.1, 0.15) is 37.4 Å². The first-order valence-electron chi connectivity index (χ1n) is 8.38. The van der Waals surface area contributed by atoms with Crippen LogP contribution >= 0.6 is 11.5 Å². The molecule has 2 aromatic rings. The number of phenols is 1. The molecule has 1 aromatic heterocycles. The van der Waals surface area contributed by atoms with Crippen LogP contribution in [0.4, 0.5) is 10.8 Å². The van der Waals surface area contributed by atoms with E-state index in [1.54, 1.807) is 24.3 Å². The summed E-state index contributed by atoms with van der Waals surface area (Å²) in [5, 5.41) is 13.6. The Balaban J connectivity index is 1.33. The maximum Gasteiger partial charge on any atom is 0.227 e. The third-order valence-corrected chi connectivity index (χ3v) is 5.46. The second-order valence-electron chi connectivity index (χ2n) is 6.48. The lowest BCUT2D eigenvalue weighted by Crippen LogP contribution is -2.38. The lowest BCUT2D eigenvalue weighted by atomic mass is 9.96. The first-order chi connectivity index (χ1) is 11.7. The third kappa shape index (κ3) is 3.21. The molecular formula is C17H20N4O2S. The number of nitrogens with one attached hydrogen (secondary N) is 1. The number of benzene rings is 1. The van der Waals surface area contributed by atoms with Gasteiger partial charge in [-0.3, -0.25) is 4.79 Å². The topological polar surface area (TPSA) is 78.4 Å². The predicted molar refractivity (Wildman–Crippen MR) is 93.6 cm³/mol. The van der Waals surface area contributed by atoms with Gasteiger partial charge in [0.2, 0.25) is 11.0 Å². The van der Waals surface area contributed by atoms with Crippen molar-refractivity contribution in [3.05, 3.63) is 30.1 Å². The SMILES string of the molecule is O=C(Nc1ccccc1O)C1CCN(c2nc(C3CC3)ns2)CC1.